The van der Waals surface area contributed by atoms with Crippen LogP contribution in [0.25, 0.3) is 0 Å². The third-order valence-corrected chi connectivity index (χ3v) is 3.17. The van der Waals surface area contributed by atoms with Crippen LogP contribution < -0.4 is 16.4 Å². The lowest BCUT2D eigenvalue weighted by Gasteiger charge is -2.22. The van der Waals surface area contributed by atoms with Crippen molar-refractivity contribution in [2.24, 2.45) is 0 Å². The lowest BCUT2D eigenvalue weighted by atomic mass is 10.0. The van der Waals surface area contributed by atoms with Crippen molar-refractivity contribution >= 4 is 17.6 Å². The maximum absolute atomic E-state index is 12.8. The van der Waals surface area contributed by atoms with Crippen LogP contribution in [0.2, 0.25) is 0 Å². The number of nitrogens with one attached hydrogen (secondary N) is 3. The largest absolute Gasteiger partial charge is 0.511 e. The highest BCUT2D eigenvalue weighted by molar-refractivity contribution is 6.23. The number of hydrogen-bond donors (Lipinski definition) is 4. The molecule has 124 valence electrons. The van der Waals surface area contributed by atoms with Gasteiger partial charge in [-0.3, -0.25) is 9.59 Å². The molecule has 2 amide bonds. The molecule has 2 aromatic rings. The van der Waals surface area contributed by atoms with Gasteiger partial charge in [-0.15, -0.1) is 5.10 Å². The fraction of sp³-hybridized carbons (Fsp3) is 0.154. The van der Waals surface area contributed by atoms with Crippen LogP contribution in [0, 0.1) is 5.82 Å². The third-order valence-electron chi connectivity index (χ3n) is 3.17. The third kappa shape index (κ3) is 2.99. The summed E-state index contributed by atoms with van der Waals surface area (Å²) in [6.45, 7) is 0. The Kier molecular flexibility index (Phi) is 3.82. The summed E-state index contributed by atoms with van der Waals surface area (Å²) < 4.78 is 17.5. The fourth-order valence-electron chi connectivity index (χ4n) is 2.11. The summed E-state index contributed by atoms with van der Waals surface area (Å²) in [6, 6.07) is 1.39. The molecule has 0 fully saturated rings. The Morgan fingerprint density at radius 2 is 2.21 bits per heavy atom. The molecule has 24 heavy (non-hydrogen) atoms. The van der Waals surface area contributed by atoms with E-state index in [2.05, 4.69) is 20.7 Å². The first-order valence-corrected chi connectivity index (χ1v) is 6.65. The normalized spacial score (nSPS) is 17.5. The number of H-pyrrole nitrogens is 1. The molecule has 10 nitrogen and oxygen atoms in total. The molecule has 4 N–H and O–H groups in total. The maximum atomic E-state index is 12.8. The van der Waals surface area contributed by atoms with Crippen molar-refractivity contribution in [2.45, 2.75) is 12.5 Å². The van der Waals surface area contributed by atoms with Crippen LogP contribution in [0.3, 0.4) is 0 Å². The topological polar surface area (TPSA) is 150 Å². The van der Waals surface area contributed by atoms with Crippen LogP contribution in [-0.4, -0.2) is 32.1 Å². The minimum atomic E-state index is -0.911. The molecule has 3 heterocycles. The molecular weight excluding hydrogens is 325 g/mol. The molecule has 1 aliphatic heterocycles. The summed E-state index contributed by atoms with van der Waals surface area (Å²) in [4.78, 5) is 38.7. The number of carbonyl (C=O) groups is 2. The van der Waals surface area contributed by atoms with Crippen LogP contribution in [0.1, 0.15) is 18.4 Å². The zero-order valence-corrected chi connectivity index (χ0v) is 11.9. The Labute approximate surface area is 132 Å². The standard InChI is InChI=1S/C13H10FN5O5/c14-5-1-2-8(15-4-5)17-11(22)9-7(20)3-6(16-10(9)21)12-18-19-13(23)24-12/h1-2,4,6,20H,3H2,(H,16,21)(H,19,23)(H,15,17,22). The van der Waals surface area contributed by atoms with E-state index in [9.17, 15) is 23.9 Å². The van der Waals surface area contributed by atoms with Crippen molar-refractivity contribution in [1.29, 1.82) is 0 Å². The average Bonchev–Trinajstić information content (AvgIpc) is 2.95. The number of nitrogens with zero attached hydrogens (tertiary/aromatic N) is 2. The maximum Gasteiger partial charge on any atom is 0.434 e. The summed E-state index contributed by atoms with van der Waals surface area (Å²) in [6.07, 6.45) is 0.694. The molecule has 3 rings (SSSR count). The van der Waals surface area contributed by atoms with Crippen LogP contribution in [-0.2, 0) is 9.59 Å². The molecule has 1 aliphatic rings. The zero-order valence-electron chi connectivity index (χ0n) is 11.9. The van der Waals surface area contributed by atoms with Crippen molar-refractivity contribution in [2.75, 3.05) is 5.32 Å². The van der Waals surface area contributed by atoms with Gasteiger partial charge in [0.05, 0.1) is 6.20 Å². The average molecular weight is 335 g/mol. The van der Waals surface area contributed by atoms with Gasteiger partial charge in [0.15, 0.2) is 0 Å². The molecule has 1 atom stereocenters. The molecule has 0 radical (unpaired) electrons. The van der Waals surface area contributed by atoms with E-state index in [0.29, 0.717) is 0 Å². The van der Waals surface area contributed by atoms with E-state index >= 15 is 0 Å². The van der Waals surface area contributed by atoms with Crippen molar-refractivity contribution < 1.29 is 23.5 Å². The van der Waals surface area contributed by atoms with Crippen molar-refractivity contribution in [3.8, 4) is 0 Å². The van der Waals surface area contributed by atoms with Crippen molar-refractivity contribution in [3.05, 3.63) is 51.9 Å². The summed E-state index contributed by atoms with van der Waals surface area (Å²) in [7, 11) is 0. The second kappa shape index (κ2) is 5.95. The summed E-state index contributed by atoms with van der Waals surface area (Å²) in [5.41, 5.74) is -0.518. The summed E-state index contributed by atoms with van der Waals surface area (Å²) in [5.74, 6) is -3.81. The predicted molar refractivity (Wildman–Crippen MR) is 75.1 cm³/mol. The molecule has 0 bridgehead atoms. The first-order valence-electron chi connectivity index (χ1n) is 6.65. The van der Waals surface area contributed by atoms with E-state index in [1.54, 1.807) is 0 Å². The van der Waals surface area contributed by atoms with Crippen LogP contribution in [0.4, 0.5) is 10.2 Å². The molecule has 0 saturated heterocycles. The van der Waals surface area contributed by atoms with Gasteiger partial charge in [0, 0.05) is 6.42 Å². The molecule has 0 aliphatic carbocycles. The first-order chi connectivity index (χ1) is 11.4. The Morgan fingerprint density at radius 3 is 2.79 bits per heavy atom. The van der Waals surface area contributed by atoms with Crippen LogP contribution in [0.5, 0.6) is 0 Å². The van der Waals surface area contributed by atoms with E-state index < -0.39 is 40.8 Å². The van der Waals surface area contributed by atoms with E-state index in [0.717, 1.165) is 12.3 Å². The Balaban J connectivity index is 1.79. The molecule has 0 saturated carbocycles. The summed E-state index contributed by atoms with van der Waals surface area (Å²) >= 11 is 0. The highest BCUT2D eigenvalue weighted by Gasteiger charge is 2.34. The van der Waals surface area contributed by atoms with E-state index in [4.69, 9.17) is 4.42 Å². The van der Waals surface area contributed by atoms with Gasteiger partial charge in [0.1, 0.15) is 29.0 Å². The van der Waals surface area contributed by atoms with Gasteiger partial charge in [-0.1, -0.05) is 0 Å². The van der Waals surface area contributed by atoms with Gasteiger partial charge in [-0.25, -0.2) is 19.3 Å². The van der Waals surface area contributed by atoms with Gasteiger partial charge < -0.3 is 20.2 Å². The molecule has 2 aromatic heterocycles. The molecule has 11 heteroatoms. The second-order valence-corrected chi connectivity index (χ2v) is 4.82. The monoisotopic (exact) mass is 335 g/mol. The number of amides is 2. The van der Waals surface area contributed by atoms with Gasteiger partial charge in [-0.2, -0.15) is 0 Å². The molecule has 0 spiro atoms. The van der Waals surface area contributed by atoms with Gasteiger partial charge >= 0.3 is 5.76 Å². The minimum absolute atomic E-state index is 0.00919. The quantitative estimate of drug-likeness (QED) is 0.572. The number of rotatable bonds is 3. The molecule has 1 unspecified atom stereocenters. The van der Waals surface area contributed by atoms with E-state index in [1.165, 1.54) is 6.07 Å². The van der Waals surface area contributed by atoms with E-state index in [-0.39, 0.29) is 18.1 Å². The Hall–Kier alpha value is -3.50. The number of aliphatic hydroxyl groups excluding tert-OH is 1. The smallest absolute Gasteiger partial charge is 0.434 e. The highest BCUT2D eigenvalue weighted by atomic mass is 19.1. The number of halogens is 1. The SMILES string of the molecule is O=C(Nc1ccc(F)cn1)C1=C(O)CC(c2n[nH]c(=O)o2)NC1=O. The Morgan fingerprint density at radius 1 is 1.42 bits per heavy atom. The predicted octanol–water partition coefficient (Wildman–Crippen LogP) is -0.0912. The highest BCUT2D eigenvalue weighted by Crippen LogP contribution is 2.25. The number of hydrogen-bond acceptors (Lipinski definition) is 7. The van der Waals surface area contributed by atoms with E-state index in [1.807, 2.05) is 5.10 Å². The number of aromatic amines is 1. The number of anilines is 1. The molecular formula is C13H10FN5O5. The minimum Gasteiger partial charge on any atom is -0.511 e. The lowest BCUT2D eigenvalue weighted by molar-refractivity contribution is -0.123. The van der Waals surface area contributed by atoms with Crippen molar-refractivity contribution in [3.63, 3.8) is 0 Å². The number of aromatic nitrogens is 3. The van der Waals surface area contributed by atoms with Gasteiger partial charge in [-0.05, 0) is 12.1 Å². The Bertz CT molecular complexity index is 885. The first kappa shape index (κ1) is 15.4. The zero-order chi connectivity index (χ0) is 17.3. The van der Waals surface area contributed by atoms with Crippen LogP contribution >= 0.6 is 0 Å². The lowest BCUT2D eigenvalue weighted by Crippen LogP contribution is -2.39. The number of carbonyl (C=O) groups excluding carboxylic acids is 2. The van der Waals surface area contributed by atoms with Gasteiger partial charge in [0.25, 0.3) is 11.8 Å². The summed E-state index contributed by atoms with van der Waals surface area (Å²) in [5, 5.41) is 20.2. The second-order valence-electron chi connectivity index (χ2n) is 4.82. The number of pyridine rings is 1. The molecule has 0 aromatic carbocycles. The fourth-order valence-corrected chi connectivity index (χ4v) is 2.11. The van der Waals surface area contributed by atoms with Crippen LogP contribution in [0.15, 0.2) is 38.9 Å². The van der Waals surface area contributed by atoms with Gasteiger partial charge in [0.2, 0.25) is 5.89 Å². The number of aliphatic hydroxyl groups is 1. The van der Waals surface area contributed by atoms with Crippen molar-refractivity contribution in [1.82, 2.24) is 20.5 Å².